The summed E-state index contributed by atoms with van der Waals surface area (Å²) < 4.78 is 0. The summed E-state index contributed by atoms with van der Waals surface area (Å²) in [6.45, 7) is 2.10. The van der Waals surface area contributed by atoms with E-state index in [9.17, 15) is 0 Å². The molecule has 0 aliphatic rings. The zero-order valence-electron chi connectivity index (χ0n) is 8.77. The average molecular weight is 201 g/mol. The predicted molar refractivity (Wildman–Crippen MR) is 62.1 cm³/mol. The topological polar surface area (TPSA) is 50.9 Å². The zero-order chi connectivity index (χ0) is 10.7. The first kappa shape index (κ1) is 10.1. The van der Waals surface area contributed by atoms with E-state index < -0.39 is 0 Å². The van der Waals surface area contributed by atoms with Crippen molar-refractivity contribution in [2.75, 3.05) is 0 Å². The van der Waals surface area contributed by atoms with E-state index in [1.54, 1.807) is 0 Å². The van der Waals surface area contributed by atoms with Crippen molar-refractivity contribution >= 4 is 10.8 Å². The van der Waals surface area contributed by atoms with Crippen LogP contribution in [0, 0.1) is 0 Å². The second-order valence-corrected chi connectivity index (χ2v) is 3.58. The van der Waals surface area contributed by atoms with Gasteiger partial charge in [-0.1, -0.05) is 31.2 Å². The molecule has 0 aliphatic carbocycles. The third-order valence-electron chi connectivity index (χ3n) is 2.68. The molecule has 0 saturated carbocycles. The maximum Gasteiger partial charge on any atom is 0.0478 e. The van der Waals surface area contributed by atoms with Crippen LogP contribution in [0.25, 0.3) is 10.8 Å². The minimum absolute atomic E-state index is 0.170. The molecule has 1 aromatic carbocycles. The summed E-state index contributed by atoms with van der Waals surface area (Å²) in [6.07, 6.45) is 4.71. The maximum atomic E-state index is 5.53. The number of hydrazine groups is 1. The van der Waals surface area contributed by atoms with Crippen LogP contribution in [0.2, 0.25) is 0 Å². The molecule has 3 N–H and O–H groups in total. The highest BCUT2D eigenvalue weighted by atomic mass is 15.2. The molecule has 0 saturated heterocycles. The molecule has 0 aliphatic heterocycles. The molecule has 3 nitrogen and oxygen atoms in total. The molecule has 1 aromatic heterocycles. The average Bonchev–Trinajstić information content (AvgIpc) is 2.31. The molecule has 0 amide bonds. The molecule has 78 valence electrons. The van der Waals surface area contributed by atoms with Gasteiger partial charge in [0.25, 0.3) is 0 Å². The Morgan fingerprint density at radius 2 is 2.13 bits per heavy atom. The molecule has 1 heterocycles. The second kappa shape index (κ2) is 4.38. The van der Waals surface area contributed by atoms with E-state index in [1.807, 2.05) is 24.5 Å². The molecular formula is C12H15N3. The molecule has 2 aromatic rings. The Kier molecular flexibility index (Phi) is 2.94. The van der Waals surface area contributed by atoms with Crippen molar-refractivity contribution in [2.24, 2.45) is 5.84 Å². The normalized spacial score (nSPS) is 12.9. The Morgan fingerprint density at radius 1 is 1.33 bits per heavy atom. The highest BCUT2D eigenvalue weighted by Gasteiger charge is 2.10. The molecule has 0 bridgehead atoms. The SMILES string of the molecule is CCC(NN)c1cncc2ccccc12. The maximum absolute atomic E-state index is 5.53. The Labute approximate surface area is 89.3 Å². The first-order valence-corrected chi connectivity index (χ1v) is 5.15. The van der Waals surface area contributed by atoms with Crippen LogP contribution in [0.1, 0.15) is 24.9 Å². The van der Waals surface area contributed by atoms with Crippen molar-refractivity contribution in [1.29, 1.82) is 0 Å². The van der Waals surface area contributed by atoms with Crippen molar-refractivity contribution in [3.63, 3.8) is 0 Å². The van der Waals surface area contributed by atoms with Gasteiger partial charge in [-0.25, -0.2) is 0 Å². The molecule has 0 spiro atoms. The summed E-state index contributed by atoms with van der Waals surface area (Å²) in [7, 11) is 0. The van der Waals surface area contributed by atoms with E-state index in [-0.39, 0.29) is 6.04 Å². The number of benzene rings is 1. The largest absolute Gasteiger partial charge is 0.271 e. The zero-order valence-corrected chi connectivity index (χ0v) is 8.77. The van der Waals surface area contributed by atoms with Crippen LogP contribution in [-0.4, -0.2) is 4.98 Å². The van der Waals surface area contributed by atoms with E-state index in [1.165, 1.54) is 5.39 Å². The lowest BCUT2D eigenvalue weighted by Crippen LogP contribution is -2.27. The van der Waals surface area contributed by atoms with Crippen LogP contribution in [-0.2, 0) is 0 Å². The third kappa shape index (κ3) is 1.84. The number of nitrogens with one attached hydrogen (secondary N) is 1. The summed E-state index contributed by atoms with van der Waals surface area (Å²) >= 11 is 0. The molecular weight excluding hydrogens is 186 g/mol. The summed E-state index contributed by atoms with van der Waals surface area (Å²) in [6, 6.07) is 8.39. The first-order chi connectivity index (χ1) is 7.36. The molecule has 1 atom stereocenters. The van der Waals surface area contributed by atoms with Crippen molar-refractivity contribution in [3.05, 3.63) is 42.2 Å². The van der Waals surface area contributed by atoms with E-state index in [2.05, 4.69) is 29.5 Å². The van der Waals surface area contributed by atoms with Crippen molar-refractivity contribution in [1.82, 2.24) is 10.4 Å². The number of nitrogens with two attached hydrogens (primary N) is 1. The minimum atomic E-state index is 0.170. The number of pyridine rings is 1. The van der Waals surface area contributed by atoms with Gasteiger partial charge in [-0.05, 0) is 17.4 Å². The number of hydrogen-bond donors (Lipinski definition) is 2. The molecule has 0 radical (unpaired) electrons. The molecule has 0 fully saturated rings. The van der Waals surface area contributed by atoms with Gasteiger partial charge in [0.15, 0.2) is 0 Å². The minimum Gasteiger partial charge on any atom is -0.271 e. The Morgan fingerprint density at radius 3 is 2.87 bits per heavy atom. The summed E-state index contributed by atoms with van der Waals surface area (Å²) in [5.74, 6) is 5.53. The lowest BCUT2D eigenvalue weighted by atomic mass is 10.0. The van der Waals surface area contributed by atoms with E-state index in [0.29, 0.717) is 0 Å². The van der Waals surface area contributed by atoms with Gasteiger partial charge < -0.3 is 0 Å². The van der Waals surface area contributed by atoms with Gasteiger partial charge in [-0.3, -0.25) is 16.3 Å². The van der Waals surface area contributed by atoms with E-state index in [4.69, 9.17) is 5.84 Å². The molecule has 2 rings (SSSR count). The van der Waals surface area contributed by atoms with Gasteiger partial charge >= 0.3 is 0 Å². The third-order valence-corrected chi connectivity index (χ3v) is 2.68. The highest BCUT2D eigenvalue weighted by Crippen LogP contribution is 2.24. The Balaban J connectivity index is 2.59. The summed E-state index contributed by atoms with van der Waals surface area (Å²) in [5.41, 5.74) is 3.99. The summed E-state index contributed by atoms with van der Waals surface area (Å²) in [4.78, 5) is 4.23. The van der Waals surface area contributed by atoms with E-state index in [0.717, 1.165) is 17.4 Å². The smallest absolute Gasteiger partial charge is 0.0478 e. The van der Waals surface area contributed by atoms with Gasteiger partial charge in [0.2, 0.25) is 0 Å². The fraction of sp³-hybridized carbons (Fsp3) is 0.250. The number of hydrogen-bond acceptors (Lipinski definition) is 3. The Hall–Kier alpha value is -1.45. The van der Waals surface area contributed by atoms with Crippen LogP contribution in [0.15, 0.2) is 36.7 Å². The Bertz CT molecular complexity index is 444. The fourth-order valence-electron chi connectivity index (χ4n) is 1.85. The monoisotopic (exact) mass is 201 g/mol. The van der Waals surface area contributed by atoms with Gasteiger partial charge in [0.05, 0.1) is 0 Å². The quantitative estimate of drug-likeness (QED) is 0.591. The van der Waals surface area contributed by atoms with Gasteiger partial charge in [-0.15, -0.1) is 0 Å². The predicted octanol–water partition coefficient (Wildman–Crippen LogP) is 2.15. The van der Waals surface area contributed by atoms with Crippen molar-refractivity contribution in [3.8, 4) is 0 Å². The number of fused-ring (bicyclic) bond motifs is 1. The van der Waals surface area contributed by atoms with Crippen LogP contribution in [0.3, 0.4) is 0 Å². The van der Waals surface area contributed by atoms with Crippen LogP contribution in [0.5, 0.6) is 0 Å². The van der Waals surface area contributed by atoms with Gasteiger partial charge in [0, 0.05) is 23.8 Å². The van der Waals surface area contributed by atoms with E-state index >= 15 is 0 Å². The van der Waals surface area contributed by atoms with Crippen LogP contribution in [0.4, 0.5) is 0 Å². The number of aromatic nitrogens is 1. The standard InChI is InChI=1S/C12H15N3/c1-2-12(15-13)11-8-14-7-9-5-3-4-6-10(9)11/h3-8,12,15H,2,13H2,1H3. The lowest BCUT2D eigenvalue weighted by molar-refractivity contribution is 0.541. The molecule has 3 heteroatoms. The molecule has 15 heavy (non-hydrogen) atoms. The fourth-order valence-corrected chi connectivity index (χ4v) is 1.85. The van der Waals surface area contributed by atoms with Crippen molar-refractivity contribution < 1.29 is 0 Å². The van der Waals surface area contributed by atoms with Gasteiger partial charge in [-0.2, -0.15) is 0 Å². The first-order valence-electron chi connectivity index (χ1n) is 5.15. The van der Waals surface area contributed by atoms with Crippen LogP contribution < -0.4 is 11.3 Å². The summed E-state index contributed by atoms with van der Waals surface area (Å²) in [5, 5.41) is 2.38. The highest BCUT2D eigenvalue weighted by molar-refractivity contribution is 5.85. The van der Waals surface area contributed by atoms with Gasteiger partial charge in [0.1, 0.15) is 0 Å². The number of rotatable bonds is 3. The van der Waals surface area contributed by atoms with Crippen molar-refractivity contribution in [2.45, 2.75) is 19.4 Å². The van der Waals surface area contributed by atoms with Crippen LogP contribution >= 0.6 is 0 Å². The second-order valence-electron chi connectivity index (χ2n) is 3.58. The molecule has 1 unspecified atom stereocenters. The lowest BCUT2D eigenvalue weighted by Gasteiger charge is -2.15. The number of nitrogens with zero attached hydrogens (tertiary/aromatic N) is 1.